The molecule has 62 valence electrons. The van der Waals surface area contributed by atoms with Gasteiger partial charge >= 0.3 is 0 Å². The van der Waals surface area contributed by atoms with Gasteiger partial charge in [0.05, 0.1) is 0 Å². The molecule has 0 aliphatic carbocycles. The van der Waals surface area contributed by atoms with Crippen molar-refractivity contribution in [3.05, 3.63) is 54.0 Å². The molecule has 1 heteroatoms. The third-order valence-corrected chi connectivity index (χ3v) is 1.54. The summed E-state index contributed by atoms with van der Waals surface area (Å²) in [7, 11) is 0. The van der Waals surface area contributed by atoms with Crippen molar-refractivity contribution in [2.45, 2.75) is 13.5 Å². The summed E-state index contributed by atoms with van der Waals surface area (Å²) in [4.78, 5) is 0. The molecule has 0 N–H and O–H groups in total. The van der Waals surface area contributed by atoms with E-state index in [0.717, 1.165) is 5.56 Å². The number of benzene rings is 1. The summed E-state index contributed by atoms with van der Waals surface area (Å²) < 4.78 is 5.11. The lowest BCUT2D eigenvalue weighted by Gasteiger charge is -1.99. The molecule has 0 unspecified atom stereocenters. The average Bonchev–Trinajstić information content (AvgIpc) is 2.09. The van der Waals surface area contributed by atoms with Gasteiger partial charge in [-0.15, -0.1) is 0 Å². The van der Waals surface area contributed by atoms with Gasteiger partial charge in [0.1, 0.15) is 12.9 Å². The summed E-state index contributed by atoms with van der Waals surface area (Å²) in [5.41, 5.74) is 4.97. The fourth-order valence-electron chi connectivity index (χ4n) is 0.881. The Morgan fingerprint density at radius 3 is 2.67 bits per heavy atom. The van der Waals surface area contributed by atoms with Crippen LogP contribution in [0.4, 0.5) is 0 Å². The SMILES string of the molecule is C=C=COCc1ccc(C)cc1. The molecule has 0 bridgehead atoms. The van der Waals surface area contributed by atoms with Crippen molar-refractivity contribution < 1.29 is 4.74 Å². The van der Waals surface area contributed by atoms with Gasteiger partial charge in [-0.3, -0.25) is 0 Å². The van der Waals surface area contributed by atoms with E-state index in [9.17, 15) is 0 Å². The highest BCUT2D eigenvalue weighted by atomic mass is 16.5. The topological polar surface area (TPSA) is 9.23 Å². The van der Waals surface area contributed by atoms with Gasteiger partial charge < -0.3 is 4.74 Å². The Hall–Kier alpha value is -1.46. The Balaban J connectivity index is 2.53. The van der Waals surface area contributed by atoms with Crippen LogP contribution in [0, 0.1) is 6.92 Å². The molecule has 0 atom stereocenters. The Morgan fingerprint density at radius 2 is 2.08 bits per heavy atom. The van der Waals surface area contributed by atoms with E-state index in [-0.39, 0.29) is 0 Å². The predicted molar refractivity (Wildman–Crippen MR) is 49.7 cm³/mol. The minimum absolute atomic E-state index is 0.586. The fraction of sp³-hybridized carbons (Fsp3) is 0.182. The first kappa shape index (κ1) is 8.63. The highest BCUT2D eigenvalue weighted by Gasteiger charge is 1.89. The molecule has 1 aromatic rings. The molecule has 0 aliphatic heterocycles. The Kier molecular flexibility index (Phi) is 3.18. The second-order valence-electron chi connectivity index (χ2n) is 2.62. The van der Waals surface area contributed by atoms with E-state index >= 15 is 0 Å². The zero-order valence-electron chi connectivity index (χ0n) is 7.21. The van der Waals surface area contributed by atoms with E-state index in [2.05, 4.69) is 31.4 Å². The van der Waals surface area contributed by atoms with E-state index in [1.165, 1.54) is 11.8 Å². The molecule has 0 heterocycles. The van der Waals surface area contributed by atoms with Crippen molar-refractivity contribution in [3.8, 4) is 0 Å². The summed E-state index contributed by atoms with van der Waals surface area (Å²) in [6.07, 6.45) is 1.47. The van der Waals surface area contributed by atoms with Crippen molar-refractivity contribution in [2.75, 3.05) is 0 Å². The molecule has 0 aliphatic rings. The summed E-state index contributed by atoms with van der Waals surface area (Å²) in [5.74, 6) is 0. The fourth-order valence-corrected chi connectivity index (χ4v) is 0.881. The van der Waals surface area contributed by atoms with Gasteiger partial charge in [0.25, 0.3) is 0 Å². The maximum absolute atomic E-state index is 5.11. The van der Waals surface area contributed by atoms with Crippen LogP contribution < -0.4 is 0 Å². The van der Waals surface area contributed by atoms with E-state index in [4.69, 9.17) is 4.74 Å². The van der Waals surface area contributed by atoms with Gasteiger partial charge in [-0.25, -0.2) is 0 Å². The minimum atomic E-state index is 0.586. The van der Waals surface area contributed by atoms with Crippen LogP contribution in [0.25, 0.3) is 0 Å². The zero-order valence-corrected chi connectivity index (χ0v) is 7.21. The molecule has 0 fully saturated rings. The van der Waals surface area contributed by atoms with E-state index < -0.39 is 0 Å². The number of hydrogen-bond donors (Lipinski definition) is 0. The maximum atomic E-state index is 5.11. The molecule has 12 heavy (non-hydrogen) atoms. The van der Waals surface area contributed by atoms with E-state index in [0.29, 0.717) is 6.61 Å². The number of ether oxygens (including phenoxy) is 1. The highest BCUT2D eigenvalue weighted by Crippen LogP contribution is 2.04. The first-order chi connectivity index (χ1) is 5.83. The average molecular weight is 160 g/mol. The van der Waals surface area contributed by atoms with Gasteiger partial charge in [-0.05, 0) is 12.5 Å². The standard InChI is InChI=1S/C11H12O/c1-3-8-12-9-11-6-4-10(2)5-7-11/h4-8H,1,9H2,2H3. The monoisotopic (exact) mass is 160 g/mol. The molecule has 0 aromatic heterocycles. The molecule has 1 rings (SSSR count). The van der Waals surface area contributed by atoms with Crippen molar-refractivity contribution in [3.63, 3.8) is 0 Å². The third kappa shape index (κ3) is 2.65. The van der Waals surface area contributed by atoms with Crippen molar-refractivity contribution in [1.82, 2.24) is 0 Å². The molecule has 0 spiro atoms. The summed E-state index contributed by atoms with van der Waals surface area (Å²) in [5, 5.41) is 0. The van der Waals surface area contributed by atoms with Crippen LogP contribution in [0.2, 0.25) is 0 Å². The van der Waals surface area contributed by atoms with Crippen LogP contribution in [0.5, 0.6) is 0 Å². The minimum Gasteiger partial charge on any atom is -0.488 e. The zero-order chi connectivity index (χ0) is 8.81. The van der Waals surface area contributed by atoms with Crippen LogP contribution in [-0.4, -0.2) is 0 Å². The van der Waals surface area contributed by atoms with Gasteiger partial charge in [0.15, 0.2) is 0 Å². The molecular formula is C11H12O. The lowest BCUT2D eigenvalue weighted by Crippen LogP contribution is -1.85. The van der Waals surface area contributed by atoms with Crippen molar-refractivity contribution >= 4 is 0 Å². The normalized spacial score (nSPS) is 8.75. The van der Waals surface area contributed by atoms with Crippen LogP contribution >= 0.6 is 0 Å². The Morgan fingerprint density at radius 1 is 1.42 bits per heavy atom. The summed E-state index contributed by atoms with van der Waals surface area (Å²) in [6.45, 7) is 6.05. The van der Waals surface area contributed by atoms with Gasteiger partial charge in [-0.1, -0.05) is 42.1 Å². The smallest absolute Gasteiger partial charge is 0.125 e. The number of rotatable bonds is 3. The van der Waals surface area contributed by atoms with Gasteiger partial charge in [-0.2, -0.15) is 0 Å². The van der Waals surface area contributed by atoms with Gasteiger partial charge in [0.2, 0.25) is 0 Å². The molecule has 1 nitrogen and oxygen atoms in total. The lowest BCUT2D eigenvalue weighted by atomic mass is 10.2. The second-order valence-corrected chi connectivity index (χ2v) is 2.62. The summed E-state index contributed by atoms with van der Waals surface area (Å²) >= 11 is 0. The predicted octanol–water partition coefficient (Wildman–Crippen LogP) is 2.81. The van der Waals surface area contributed by atoms with Gasteiger partial charge in [0, 0.05) is 0 Å². The van der Waals surface area contributed by atoms with Crippen LogP contribution in [0.15, 0.2) is 42.8 Å². The molecule has 0 radical (unpaired) electrons. The van der Waals surface area contributed by atoms with E-state index in [1.54, 1.807) is 0 Å². The first-order valence-corrected chi connectivity index (χ1v) is 3.84. The van der Waals surface area contributed by atoms with Crippen LogP contribution in [-0.2, 0) is 11.3 Å². The highest BCUT2D eigenvalue weighted by molar-refractivity contribution is 5.20. The summed E-state index contributed by atoms with van der Waals surface area (Å²) in [6, 6.07) is 8.23. The van der Waals surface area contributed by atoms with Crippen LogP contribution in [0.1, 0.15) is 11.1 Å². The lowest BCUT2D eigenvalue weighted by molar-refractivity contribution is 0.237. The third-order valence-electron chi connectivity index (χ3n) is 1.54. The maximum Gasteiger partial charge on any atom is 0.125 e. The van der Waals surface area contributed by atoms with E-state index in [1.807, 2.05) is 12.1 Å². The molecule has 1 aromatic carbocycles. The number of hydrogen-bond acceptors (Lipinski definition) is 1. The number of aryl methyl sites for hydroxylation is 1. The van der Waals surface area contributed by atoms with Crippen LogP contribution in [0.3, 0.4) is 0 Å². The Labute approximate surface area is 73.0 Å². The molecule has 0 saturated heterocycles. The largest absolute Gasteiger partial charge is 0.488 e. The van der Waals surface area contributed by atoms with Crippen molar-refractivity contribution in [2.24, 2.45) is 0 Å². The second kappa shape index (κ2) is 4.42. The molecule has 0 saturated carbocycles. The first-order valence-electron chi connectivity index (χ1n) is 3.84. The Bertz CT molecular complexity index is 278. The molecule has 0 amide bonds. The quantitative estimate of drug-likeness (QED) is 0.488. The molecular weight excluding hydrogens is 148 g/mol. The van der Waals surface area contributed by atoms with Crippen molar-refractivity contribution in [1.29, 1.82) is 0 Å².